The summed E-state index contributed by atoms with van der Waals surface area (Å²) in [5.74, 6) is -0.171. The number of nitrogens with zero attached hydrogens (tertiary/aromatic N) is 3. The molecular formula is C17H23N5O3S. The van der Waals surface area contributed by atoms with Crippen molar-refractivity contribution in [2.24, 2.45) is 0 Å². The van der Waals surface area contributed by atoms with Gasteiger partial charge in [-0.15, -0.1) is 11.3 Å². The minimum Gasteiger partial charge on any atom is -0.379 e. The molecule has 0 unspecified atom stereocenters. The second-order valence-corrected chi connectivity index (χ2v) is 7.51. The van der Waals surface area contributed by atoms with Gasteiger partial charge in [0.2, 0.25) is 0 Å². The summed E-state index contributed by atoms with van der Waals surface area (Å²) in [7, 11) is 2.05. The highest BCUT2D eigenvalue weighted by Gasteiger charge is 2.31. The van der Waals surface area contributed by atoms with E-state index in [1.807, 2.05) is 5.38 Å². The maximum absolute atomic E-state index is 12.8. The van der Waals surface area contributed by atoms with Crippen LogP contribution < -0.4 is 5.32 Å². The van der Waals surface area contributed by atoms with Crippen molar-refractivity contribution in [2.75, 3.05) is 26.8 Å². The van der Waals surface area contributed by atoms with Crippen molar-refractivity contribution in [3.63, 3.8) is 0 Å². The van der Waals surface area contributed by atoms with Crippen LogP contribution in [-0.2, 0) is 29.0 Å². The molecule has 0 aliphatic carbocycles. The summed E-state index contributed by atoms with van der Waals surface area (Å²) in [6.07, 6.45) is 1.54. The van der Waals surface area contributed by atoms with E-state index in [0.29, 0.717) is 25.5 Å². The fourth-order valence-corrected chi connectivity index (χ4v) is 3.95. The first-order valence-corrected chi connectivity index (χ1v) is 9.77. The molecule has 2 atom stereocenters. The van der Waals surface area contributed by atoms with Gasteiger partial charge in [0.05, 0.1) is 36.6 Å². The van der Waals surface area contributed by atoms with Gasteiger partial charge in [-0.3, -0.25) is 9.89 Å². The van der Waals surface area contributed by atoms with E-state index in [1.165, 1.54) is 0 Å². The van der Waals surface area contributed by atoms with Gasteiger partial charge < -0.3 is 19.7 Å². The van der Waals surface area contributed by atoms with Gasteiger partial charge in [0.25, 0.3) is 5.91 Å². The van der Waals surface area contributed by atoms with Crippen molar-refractivity contribution in [2.45, 2.75) is 38.1 Å². The Balaban J connectivity index is 1.41. The summed E-state index contributed by atoms with van der Waals surface area (Å²) in [4.78, 5) is 19.2. The van der Waals surface area contributed by atoms with E-state index in [-0.39, 0.29) is 18.1 Å². The van der Waals surface area contributed by atoms with Crippen LogP contribution in [0.4, 0.5) is 0 Å². The predicted octanol–water partition coefficient (Wildman–Crippen LogP) is 0.958. The van der Waals surface area contributed by atoms with Gasteiger partial charge in [-0.25, -0.2) is 4.98 Å². The Morgan fingerprint density at radius 1 is 1.58 bits per heavy atom. The van der Waals surface area contributed by atoms with E-state index in [2.05, 4.69) is 32.4 Å². The van der Waals surface area contributed by atoms with E-state index in [4.69, 9.17) is 9.47 Å². The highest BCUT2D eigenvalue weighted by molar-refractivity contribution is 7.07. The van der Waals surface area contributed by atoms with Gasteiger partial charge in [-0.05, 0) is 13.5 Å². The summed E-state index contributed by atoms with van der Waals surface area (Å²) >= 11 is 1.55. The van der Waals surface area contributed by atoms with Crippen LogP contribution in [-0.4, -0.2) is 64.9 Å². The maximum atomic E-state index is 12.8. The summed E-state index contributed by atoms with van der Waals surface area (Å²) < 4.78 is 11.6. The molecule has 0 radical (unpaired) electrons. The number of likely N-dealkylation sites (N-methyl/N-ethyl adjacent to an activating group) is 1. The molecule has 0 saturated carbocycles. The zero-order valence-electron chi connectivity index (χ0n) is 14.7. The van der Waals surface area contributed by atoms with Crippen LogP contribution in [0.15, 0.2) is 10.9 Å². The first kappa shape index (κ1) is 17.6. The summed E-state index contributed by atoms with van der Waals surface area (Å²) in [6.45, 7) is 3.23. The molecule has 0 bridgehead atoms. The van der Waals surface area contributed by atoms with Crippen molar-refractivity contribution < 1.29 is 14.3 Å². The van der Waals surface area contributed by atoms with Gasteiger partial charge in [-0.2, -0.15) is 5.10 Å². The number of H-pyrrole nitrogens is 1. The number of carbonyl (C=O) groups excluding carboxylic acids is 1. The molecule has 2 aromatic rings. The van der Waals surface area contributed by atoms with Crippen LogP contribution in [0.2, 0.25) is 0 Å². The summed E-state index contributed by atoms with van der Waals surface area (Å²) in [5.41, 5.74) is 5.24. The van der Waals surface area contributed by atoms with Crippen molar-refractivity contribution in [3.8, 4) is 0 Å². The zero-order valence-corrected chi connectivity index (χ0v) is 15.6. The second-order valence-electron chi connectivity index (χ2n) is 6.79. The Morgan fingerprint density at radius 2 is 2.50 bits per heavy atom. The lowest BCUT2D eigenvalue weighted by molar-refractivity contribution is -0.0612. The van der Waals surface area contributed by atoms with E-state index in [0.717, 1.165) is 42.9 Å². The average Bonchev–Trinajstić information content (AvgIpc) is 3.30. The van der Waals surface area contributed by atoms with Crippen LogP contribution in [0.25, 0.3) is 0 Å². The fourth-order valence-electron chi connectivity index (χ4n) is 3.41. The number of carbonyl (C=O) groups is 1. The lowest BCUT2D eigenvalue weighted by Gasteiger charge is -2.32. The number of ether oxygens (including phenoxy) is 2. The molecule has 2 aliphatic rings. The third-order valence-electron chi connectivity index (χ3n) is 4.88. The van der Waals surface area contributed by atoms with Crippen LogP contribution >= 0.6 is 11.3 Å². The Labute approximate surface area is 155 Å². The zero-order chi connectivity index (χ0) is 17.9. The monoisotopic (exact) mass is 377 g/mol. The predicted molar refractivity (Wildman–Crippen MR) is 96.0 cm³/mol. The Hall–Kier alpha value is -1.81. The maximum Gasteiger partial charge on any atom is 0.272 e. The number of fused-ring (bicyclic) bond motifs is 1. The fraction of sp³-hybridized carbons (Fsp3) is 0.588. The first-order chi connectivity index (χ1) is 12.7. The van der Waals surface area contributed by atoms with E-state index in [1.54, 1.807) is 16.8 Å². The number of amides is 1. The average molecular weight is 377 g/mol. The molecule has 1 fully saturated rings. The van der Waals surface area contributed by atoms with Gasteiger partial charge in [0.1, 0.15) is 0 Å². The molecule has 0 spiro atoms. The number of aromatic amines is 1. The summed E-state index contributed by atoms with van der Waals surface area (Å²) in [6, 6.07) is -0.191. The number of thiazole rings is 1. The number of rotatable bonds is 5. The molecule has 2 N–H and O–H groups in total. The topological polar surface area (TPSA) is 92.4 Å². The molecule has 2 aliphatic heterocycles. The van der Waals surface area contributed by atoms with Crippen molar-refractivity contribution in [1.29, 1.82) is 0 Å². The SMILES string of the molecule is CN1CCc2[nH]nc(C(=O)N[C@@H]3COCC[C@@H]3OCc3cscn3)c2C1. The lowest BCUT2D eigenvalue weighted by Crippen LogP contribution is -2.50. The highest BCUT2D eigenvalue weighted by Crippen LogP contribution is 2.20. The van der Waals surface area contributed by atoms with E-state index >= 15 is 0 Å². The molecule has 4 rings (SSSR count). The van der Waals surface area contributed by atoms with Gasteiger partial charge in [0.15, 0.2) is 5.69 Å². The van der Waals surface area contributed by atoms with Gasteiger partial charge >= 0.3 is 0 Å². The van der Waals surface area contributed by atoms with Crippen LogP contribution in [0, 0.1) is 0 Å². The molecule has 9 heteroatoms. The number of aromatic nitrogens is 3. The summed E-state index contributed by atoms with van der Waals surface area (Å²) in [5, 5.41) is 12.3. The van der Waals surface area contributed by atoms with Crippen molar-refractivity contribution in [1.82, 2.24) is 25.4 Å². The van der Waals surface area contributed by atoms with Crippen LogP contribution in [0.3, 0.4) is 0 Å². The smallest absolute Gasteiger partial charge is 0.272 e. The Bertz CT molecular complexity index is 748. The van der Waals surface area contributed by atoms with Crippen LogP contribution in [0.5, 0.6) is 0 Å². The highest BCUT2D eigenvalue weighted by atomic mass is 32.1. The van der Waals surface area contributed by atoms with Gasteiger partial charge in [0, 0.05) is 42.8 Å². The Morgan fingerprint density at radius 3 is 3.35 bits per heavy atom. The molecule has 140 valence electrons. The third kappa shape index (κ3) is 3.80. The van der Waals surface area contributed by atoms with E-state index in [9.17, 15) is 4.79 Å². The largest absolute Gasteiger partial charge is 0.379 e. The standard InChI is InChI=1S/C17H23N5O3S/c1-22-4-2-13-12(6-22)16(21-20-13)17(23)19-14-8-24-5-3-15(14)25-7-11-9-26-10-18-11/h9-10,14-15H,2-8H2,1H3,(H,19,23)(H,20,21)/t14-,15+/m1/s1. The van der Waals surface area contributed by atoms with E-state index < -0.39 is 0 Å². The number of hydrogen-bond donors (Lipinski definition) is 2. The molecule has 2 aromatic heterocycles. The number of nitrogens with one attached hydrogen (secondary N) is 2. The normalized spacial score (nSPS) is 23.6. The molecule has 1 saturated heterocycles. The lowest BCUT2D eigenvalue weighted by atomic mass is 10.0. The molecule has 8 nitrogen and oxygen atoms in total. The Kier molecular flexibility index (Phi) is 5.30. The molecule has 1 amide bonds. The minimum absolute atomic E-state index is 0.0909. The van der Waals surface area contributed by atoms with Crippen molar-refractivity contribution in [3.05, 3.63) is 33.5 Å². The number of hydrogen-bond acceptors (Lipinski definition) is 7. The van der Waals surface area contributed by atoms with Crippen molar-refractivity contribution >= 4 is 17.2 Å². The molecule has 0 aromatic carbocycles. The second kappa shape index (κ2) is 7.83. The third-order valence-corrected chi connectivity index (χ3v) is 5.51. The minimum atomic E-state index is -0.191. The van der Waals surface area contributed by atoms with Gasteiger partial charge in [-0.1, -0.05) is 0 Å². The van der Waals surface area contributed by atoms with Crippen LogP contribution in [0.1, 0.15) is 33.9 Å². The first-order valence-electron chi connectivity index (χ1n) is 8.82. The molecular weight excluding hydrogens is 354 g/mol. The molecule has 26 heavy (non-hydrogen) atoms. The quantitative estimate of drug-likeness (QED) is 0.806. The molecule has 4 heterocycles.